The molecule has 2 heterocycles. The van der Waals surface area contributed by atoms with E-state index in [1.165, 1.54) is 11.8 Å². The van der Waals surface area contributed by atoms with Gasteiger partial charge in [-0.3, -0.25) is 15.1 Å². The maximum absolute atomic E-state index is 12.2. The molecule has 0 radical (unpaired) electrons. The lowest BCUT2D eigenvalue weighted by Crippen LogP contribution is -2.38. The van der Waals surface area contributed by atoms with Gasteiger partial charge < -0.3 is 15.3 Å². The van der Waals surface area contributed by atoms with Crippen molar-refractivity contribution in [1.29, 1.82) is 0 Å². The molecule has 1 amide bonds. The van der Waals surface area contributed by atoms with Gasteiger partial charge in [-0.15, -0.1) is 11.8 Å². The lowest BCUT2D eigenvalue weighted by atomic mass is 9.77. The van der Waals surface area contributed by atoms with Gasteiger partial charge in [0.2, 0.25) is 5.91 Å². The molecule has 5 aromatic rings. The van der Waals surface area contributed by atoms with E-state index in [1.54, 1.807) is 6.33 Å². The number of hydrogen-bond donors (Lipinski definition) is 3. The SMILES string of the molecule is Cc1[nH]cnc1CSCC(=O)NC(N)=NCCCc1cn(C(c2ccccc2)(c2ccccc2)c2ccccc2)cn1. The van der Waals surface area contributed by atoms with Gasteiger partial charge in [0.25, 0.3) is 0 Å². The molecule has 0 aliphatic carbocycles. The quantitative estimate of drug-likeness (QED) is 0.0831. The first kappa shape index (κ1) is 28.9. The fourth-order valence-electron chi connectivity index (χ4n) is 5.11. The number of aromatic amines is 1. The highest BCUT2D eigenvalue weighted by Crippen LogP contribution is 2.40. The van der Waals surface area contributed by atoms with Gasteiger partial charge >= 0.3 is 0 Å². The number of carbonyl (C=O) groups excluding carboxylic acids is 1. The molecule has 0 aliphatic rings. The minimum absolute atomic E-state index is 0.137. The van der Waals surface area contributed by atoms with Gasteiger partial charge in [-0.25, -0.2) is 9.97 Å². The van der Waals surface area contributed by atoms with E-state index in [1.807, 2.05) is 31.5 Å². The van der Waals surface area contributed by atoms with Crippen LogP contribution in [0.4, 0.5) is 0 Å². The minimum Gasteiger partial charge on any atom is -0.370 e. The van der Waals surface area contributed by atoms with Crippen LogP contribution in [0.15, 0.2) is 115 Å². The van der Waals surface area contributed by atoms with Crippen LogP contribution in [0.2, 0.25) is 0 Å². The fraction of sp³-hybridized carbons (Fsp3) is 0.212. The molecule has 4 N–H and O–H groups in total. The Morgan fingerprint density at radius 3 is 2.10 bits per heavy atom. The summed E-state index contributed by atoms with van der Waals surface area (Å²) in [6.45, 7) is 2.45. The Hall–Kier alpha value is -4.63. The van der Waals surface area contributed by atoms with E-state index in [-0.39, 0.29) is 17.6 Å². The van der Waals surface area contributed by atoms with Crippen molar-refractivity contribution in [2.75, 3.05) is 12.3 Å². The number of amides is 1. The van der Waals surface area contributed by atoms with Gasteiger partial charge in [0.1, 0.15) is 5.54 Å². The van der Waals surface area contributed by atoms with E-state index >= 15 is 0 Å². The molecule has 9 heteroatoms. The number of aryl methyl sites for hydroxylation is 2. The number of thioether (sulfide) groups is 1. The Bertz CT molecular complexity index is 1500. The van der Waals surface area contributed by atoms with Crippen LogP contribution in [0.25, 0.3) is 0 Å². The van der Waals surface area contributed by atoms with E-state index in [0.29, 0.717) is 12.3 Å². The van der Waals surface area contributed by atoms with E-state index < -0.39 is 5.54 Å². The number of aliphatic imine (C=N–C) groups is 1. The molecule has 0 spiro atoms. The van der Waals surface area contributed by atoms with Crippen LogP contribution in [0.1, 0.15) is 40.2 Å². The van der Waals surface area contributed by atoms with Gasteiger partial charge in [0.15, 0.2) is 5.96 Å². The molecule has 0 saturated carbocycles. The van der Waals surface area contributed by atoms with Crippen LogP contribution in [-0.2, 0) is 22.5 Å². The van der Waals surface area contributed by atoms with Crippen molar-refractivity contribution in [3.63, 3.8) is 0 Å². The van der Waals surface area contributed by atoms with Crippen molar-refractivity contribution in [2.45, 2.75) is 31.1 Å². The number of guanidine groups is 1. The summed E-state index contributed by atoms with van der Waals surface area (Å²) in [6, 6.07) is 31.6. The first-order valence-electron chi connectivity index (χ1n) is 13.9. The molecule has 0 bridgehead atoms. The Labute approximate surface area is 250 Å². The zero-order chi connectivity index (χ0) is 29.2. The topological polar surface area (TPSA) is 114 Å². The maximum atomic E-state index is 12.2. The first-order valence-corrected chi connectivity index (χ1v) is 15.1. The number of H-pyrrole nitrogens is 1. The highest BCUT2D eigenvalue weighted by Gasteiger charge is 2.38. The molecule has 42 heavy (non-hydrogen) atoms. The second-order valence-electron chi connectivity index (χ2n) is 9.97. The number of carbonyl (C=O) groups is 1. The van der Waals surface area contributed by atoms with Crippen molar-refractivity contribution in [2.24, 2.45) is 10.7 Å². The summed E-state index contributed by atoms with van der Waals surface area (Å²) in [4.78, 5) is 28.7. The lowest BCUT2D eigenvalue weighted by Gasteiger charge is -2.37. The molecular formula is C33H35N7OS. The zero-order valence-electron chi connectivity index (χ0n) is 23.6. The van der Waals surface area contributed by atoms with Crippen molar-refractivity contribution in [1.82, 2.24) is 24.8 Å². The summed E-state index contributed by atoms with van der Waals surface area (Å²) in [5.41, 5.74) is 11.8. The highest BCUT2D eigenvalue weighted by atomic mass is 32.2. The Balaban J connectivity index is 1.25. The van der Waals surface area contributed by atoms with Crippen LogP contribution < -0.4 is 11.1 Å². The van der Waals surface area contributed by atoms with Gasteiger partial charge in [-0.1, -0.05) is 91.0 Å². The number of benzene rings is 3. The van der Waals surface area contributed by atoms with Crippen LogP contribution in [-0.4, -0.2) is 43.7 Å². The number of imidazole rings is 2. The lowest BCUT2D eigenvalue weighted by molar-refractivity contribution is -0.117. The van der Waals surface area contributed by atoms with Gasteiger partial charge in [-0.05, 0) is 36.5 Å². The average molecular weight is 578 g/mol. The summed E-state index contributed by atoms with van der Waals surface area (Å²) >= 11 is 1.48. The molecule has 0 aliphatic heterocycles. The van der Waals surface area contributed by atoms with Gasteiger partial charge in [-0.2, -0.15) is 0 Å². The van der Waals surface area contributed by atoms with Gasteiger partial charge in [0.05, 0.1) is 29.8 Å². The number of nitrogens with one attached hydrogen (secondary N) is 2. The molecule has 3 aromatic carbocycles. The Morgan fingerprint density at radius 2 is 1.55 bits per heavy atom. The molecule has 5 rings (SSSR count). The second-order valence-corrected chi connectivity index (χ2v) is 11.0. The number of nitrogens with two attached hydrogens (primary N) is 1. The van der Waals surface area contributed by atoms with Crippen molar-refractivity contribution < 1.29 is 4.79 Å². The predicted molar refractivity (Wildman–Crippen MR) is 169 cm³/mol. The number of rotatable bonds is 12. The van der Waals surface area contributed by atoms with E-state index in [9.17, 15) is 4.79 Å². The summed E-state index contributed by atoms with van der Waals surface area (Å²) in [5.74, 6) is 0.906. The molecule has 0 fully saturated rings. The summed E-state index contributed by atoms with van der Waals surface area (Å²) < 4.78 is 2.21. The highest BCUT2D eigenvalue weighted by molar-refractivity contribution is 7.99. The minimum atomic E-state index is -0.588. The molecule has 214 valence electrons. The molecular weight excluding hydrogens is 542 g/mol. The summed E-state index contributed by atoms with van der Waals surface area (Å²) in [5, 5.41) is 2.67. The van der Waals surface area contributed by atoms with Crippen LogP contribution in [0, 0.1) is 6.92 Å². The van der Waals surface area contributed by atoms with Crippen molar-refractivity contribution >= 4 is 23.6 Å². The van der Waals surface area contributed by atoms with Crippen LogP contribution >= 0.6 is 11.8 Å². The zero-order valence-corrected chi connectivity index (χ0v) is 24.4. The molecule has 0 saturated heterocycles. The molecule has 2 aromatic heterocycles. The van der Waals surface area contributed by atoms with Crippen molar-refractivity contribution in [3.05, 3.63) is 144 Å². The van der Waals surface area contributed by atoms with Gasteiger partial charge in [0, 0.05) is 24.2 Å². The van der Waals surface area contributed by atoms with Crippen molar-refractivity contribution in [3.8, 4) is 0 Å². The third-order valence-corrected chi connectivity index (χ3v) is 8.09. The average Bonchev–Trinajstić information content (AvgIpc) is 3.66. The predicted octanol–water partition coefficient (Wildman–Crippen LogP) is 5.05. The van der Waals surface area contributed by atoms with E-state index in [4.69, 9.17) is 10.7 Å². The monoisotopic (exact) mass is 577 g/mol. The molecule has 0 unspecified atom stereocenters. The van der Waals surface area contributed by atoms with Crippen LogP contribution in [0.5, 0.6) is 0 Å². The van der Waals surface area contributed by atoms with E-state index in [0.717, 1.165) is 46.6 Å². The summed E-state index contributed by atoms with van der Waals surface area (Å²) in [7, 11) is 0. The third-order valence-electron chi connectivity index (χ3n) is 7.14. The number of hydrogen-bond acceptors (Lipinski definition) is 5. The number of aromatic nitrogens is 4. The smallest absolute Gasteiger partial charge is 0.236 e. The standard InChI is InChI=1S/C33H35N7OS/c1-25-30(37-23-36-25)21-42-22-31(41)39-32(34)35-19-11-18-29-20-40(24-38-29)33(26-12-5-2-6-13-26,27-14-7-3-8-15-27)28-16-9-4-10-17-28/h2-10,12-17,20,23-24H,11,18-19,21-22H2,1H3,(H,36,37)(H3,34,35,39,41). The Kier molecular flexibility index (Phi) is 9.51. The number of nitrogens with zero attached hydrogens (tertiary/aromatic N) is 4. The van der Waals surface area contributed by atoms with Crippen LogP contribution in [0.3, 0.4) is 0 Å². The fourth-order valence-corrected chi connectivity index (χ4v) is 5.96. The molecule has 0 atom stereocenters. The normalized spacial score (nSPS) is 11.9. The molecule has 8 nitrogen and oxygen atoms in total. The van der Waals surface area contributed by atoms with E-state index in [2.05, 4.69) is 104 Å². The third kappa shape index (κ3) is 6.63. The maximum Gasteiger partial charge on any atom is 0.236 e. The first-order chi connectivity index (χ1) is 20.6. The second kappa shape index (κ2) is 13.8. The summed E-state index contributed by atoms with van der Waals surface area (Å²) in [6.07, 6.45) is 7.18. The Morgan fingerprint density at radius 1 is 0.952 bits per heavy atom. The largest absolute Gasteiger partial charge is 0.370 e.